The van der Waals surface area contributed by atoms with E-state index in [9.17, 15) is 4.79 Å². The first-order valence-corrected chi connectivity index (χ1v) is 9.64. The maximum atomic E-state index is 13.0. The molecule has 4 heterocycles. The molecule has 0 aromatic carbocycles. The Balaban J connectivity index is 1.60. The Hall–Kier alpha value is -1.99. The fraction of sp³-hybridized carbons (Fsp3) is 0.444. The lowest BCUT2D eigenvalue weighted by Gasteiger charge is -2.38. The molecular weight excluding hydrogens is 334 g/mol. The quantitative estimate of drug-likeness (QED) is 0.862. The van der Waals surface area contributed by atoms with Crippen LogP contribution in [0.3, 0.4) is 0 Å². The van der Waals surface area contributed by atoms with Crippen LogP contribution in [-0.4, -0.2) is 51.7 Å². The number of aromatic amines is 1. The second kappa shape index (κ2) is 6.38. The van der Waals surface area contributed by atoms with Gasteiger partial charge in [-0.3, -0.25) is 4.79 Å². The maximum absolute atomic E-state index is 13.0. The van der Waals surface area contributed by atoms with Crippen molar-refractivity contribution >= 4 is 34.4 Å². The second-order valence-corrected chi connectivity index (χ2v) is 8.23. The van der Waals surface area contributed by atoms with Gasteiger partial charge >= 0.3 is 0 Å². The predicted molar refractivity (Wildman–Crippen MR) is 102 cm³/mol. The highest BCUT2D eigenvalue weighted by Crippen LogP contribution is 2.32. The molecule has 25 heavy (non-hydrogen) atoms. The number of piperidine rings is 1. The number of hydrogen-bond donors (Lipinski definition) is 2. The van der Waals surface area contributed by atoms with Crippen LogP contribution in [-0.2, 0) is 4.79 Å². The van der Waals surface area contributed by atoms with Crippen molar-refractivity contribution in [1.29, 1.82) is 0 Å². The van der Waals surface area contributed by atoms with E-state index in [0.29, 0.717) is 6.54 Å². The summed E-state index contributed by atoms with van der Waals surface area (Å²) in [6, 6.07) is 4.03. The van der Waals surface area contributed by atoms with Crippen LogP contribution in [0.15, 0.2) is 35.6 Å². The van der Waals surface area contributed by atoms with Crippen LogP contribution in [0.25, 0.3) is 11.0 Å². The van der Waals surface area contributed by atoms with E-state index >= 15 is 0 Å². The lowest BCUT2D eigenvalue weighted by Crippen LogP contribution is -2.54. The Morgan fingerprint density at radius 3 is 3.12 bits per heavy atom. The number of nitrogens with zero attached hydrogens (tertiary/aromatic N) is 3. The first-order valence-electron chi connectivity index (χ1n) is 8.65. The smallest absolute Gasteiger partial charge is 0.261 e. The van der Waals surface area contributed by atoms with Crippen molar-refractivity contribution in [3.8, 4) is 0 Å². The fourth-order valence-corrected chi connectivity index (χ4v) is 4.56. The van der Waals surface area contributed by atoms with Gasteiger partial charge in [0.25, 0.3) is 5.91 Å². The van der Waals surface area contributed by atoms with Crippen molar-refractivity contribution in [2.45, 2.75) is 25.3 Å². The van der Waals surface area contributed by atoms with Crippen LogP contribution in [0.1, 0.15) is 19.8 Å². The molecule has 0 unspecified atom stereocenters. The van der Waals surface area contributed by atoms with Gasteiger partial charge in [-0.05, 0) is 31.9 Å². The van der Waals surface area contributed by atoms with Gasteiger partial charge in [0.2, 0.25) is 0 Å². The maximum Gasteiger partial charge on any atom is 0.261 e. The molecule has 0 radical (unpaired) electrons. The molecule has 0 saturated carbocycles. The molecule has 6 nitrogen and oxygen atoms in total. The van der Waals surface area contributed by atoms with Crippen molar-refractivity contribution in [3.05, 3.63) is 35.6 Å². The van der Waals surface area contributed by atoms with Gasteiger partial charge in [-0.25, -0.2) is 4.98 Å². The van der Waals surface area contributed by atoms with Crippen molar-refractivity contribution in [2.75, 3.05) is 30.3 Å². The third-order valence-corrected chi connectivity index (χ3v) is 5.81. The number of nitrogens with two attached hydrogens (primary N) is 1. The van der Waals surface area contributed by atoms with Crippen LogP contribution in [0.2, 0.25) is 0 Å². The van der Waals surface area contributed by atoms with Crippen LogP contribution in [0.4, 0.5) is 5.69 Å². The van der Waals surface area contributed by atoms with E-state index in [0.717, 1.165) is 53.3 Å². The molecule has 2 aliphatic rings. The number of aromatic nitrogens is 2. The number of likely N-dealkylation sites (tertiary alicyclic amines) is 1. The minimum absolute atomic E-state index is 0.102. The molecule has 1 amide bonds. The van der Waals surface area contributed by atoms with Crippen molar-refractivity contribution < 1.29 is 4.79 Å². The summed E-state index contributed by atoms with van der Waals surface area (Å²) in [5.74, 6) is 0.991. The number of hydrogen-bond acceptors (Lipinski definition) is 5. The number of carbonyl (C=O) groups excluding carboxylic acids is 1. The number of nitrogens with one attached hydrogen (secondary N) is 1. The largest absolute Gasteiger partial charge is 0.346 e. The van der Waals surface area contributed by atoms with Crippen molar-refractivity contribution in [3.63, 3.8) is 0 Å². The number of amides is 1. The first-order chi connectivity index (χ1) is 12.0. The molecule has 4 rings (SSSR count). The zero-order valence-electron chi connectivity index (χ0n) is 14.4. The standard InChI is InChI=1S/C18H23N5OS/c1-18(19)5-2-8-23(12-18)17(24)15-11-22(9-10-25-15)14-4-7-21-16-13(14)3-6-20-16/h3-4,6-7,11H,2,5,8-10,12,19H2,1H3,(H,20,21)/t18-/m1/s1. The molecule has 0 bridgehead atoms. The number of fused-ring (bicyclic) bond motifs is 1. The molecule has 2 aromatic rings. The van der Waals surface area contributed by atoms with E-state index in [2.05, 4.69) is 14.9 Å². The Bertz CT molecular complexity index is 828. The summed E-state index contributed by atoms with van der Waals surface area (Å²) in [5.41, 5.74) is 7.93. The number of thioether (sulfide) groups is 1. The van der Waals surface area contributed by atoms with Gasteiger partial charge in [-0.15, -0.1) is 11.8 Å². The number of pyridine rings is 1. The molecule has 7 heteroatoms. The van der Waals surface area contributed by atoms with E-state index in [1.807, 2.05) is 36.4 Å². The van der Waals surface area contributed by atoms with E-state index < -0.39 is 0 Å². The molecule has 1 fully saturated rings. The van der Waals surface area contributed by atoms with Gasteiger partial charge in [-0.1, -0.05) is 0 Å². The van der Waals surface area contributed by atoms with Gasteiger partial charge in [0.1, 0.15) is 5.65 Å². The normalized spacial score (nSPS) is 24.5. The summed E-state index contributed by atoms with van der Waals surface area (Å²) in [6.45, 7) is 4.32. The minimum Gasteiger partial charge on any atom is -0.346 e. The summed E-state index contributed by atoms with van der Waals surface area (Å²) >= 11 is 1.63. The van der Waals surface area contributed by atoms with Crippen LogP contribution < -0.4 is 10.6 Å². The third kappa shape index (κ3) is 3.26. The zero-order chi connectivity index (χ0) is 17.4. The van der Waals surface area contributed by atoms with Gasteiger partial charge in [0.05, 0.1) is 10.6 Å². The Morgan fingerprint density at radius 2 is 2.28 bits per heavy atom. The van der Waals surface area contributed by atoms with Gasteiger partial charge in [0, 0.05) is 54.9 Å². The van der Waals surface area contributed by atoms with Crippen LogP contribution >= 0.6 is 11.8 Å². The monoisotopic (exact) mass is 357 g/mol. The van der Waals surface area contributed by atoms with E-state index in [-0.39, 0.29) is 11.4 Å². The first kappa shape index (κ1) is 16.5. The molecule has 0 spiro atoms. The van der Waals surface area contributed by atoms with Crippen LogP contribution in [0, 0.1) is 0 Å². The highest BCUT2D eigenvalue weighted by atomic mass is 32.2. The average Bonchev–Trinajstić information content (AvgIpc) is 3.09. The number of rotatable bonds is 2. The van der Waals surface area contributed by atoms with Gasteiger partial charge in [0.15, 0.2) is 0 Å². The number of anilines is 1. The Morgan fingerprint density at radius 1 is 1.40 bits per heavy atom. The summed E-state index contributed by atoms with van der Waals surface area (Å²) in [7, 11) is 0. The number of H-pyrrole nitrogens is 1. The molecule has 2 aliphatic heterocycles. The van der Waals surface area contributed by atoms with Gasteiger partial charge < -0.3 is 20.5 Å². The topological polar surface area (TPSA) is 78.2 Å². The lowest BCUT2D eigenvalue weighted by atomic mass is 9.92. The second-order valence-electron chi connectivity index (χ2n) is 7.09. The number of carbonyl (C=O) groups is 1. The third-order valence-electron chi connectivity index (χ3n) is 4.84. The highest BCUT2D eigenvalue weighted by molar-refractivity contribution is 8.04. The minimum atomic E-state index is -0.282. The summed E-state index contributed by atoms with van der Waals surface area (Å²) in [4.78, 5) is 25.3. The van der Waals surface area contributed by atoms with E-state index in [1.54, 1.807) is 18.0 Å². The van der Waals surface area contributed by atoms with E-state index in [4.69, 9.17) is 5.73 Å². The lowest BCUT2D eigenvalue weighted by molar-refractivity contribution is -0.128. The Labute approximate surface area is 151 Å². The fourth-order valence-electron chi connectivity index (χ4n) is 3.60. The summed E-state index contributed by atoms with van der Waals surface area (Å²) < 4.78 is 0. The SMILES string of the molecule is C[C@@]1(N)CCCN(C(=O)C2=CN(c3ccnc4[nH]ccc34)CCS2)C1. The van der Waals surface area contributed by atoms with Crippen LogP contribution in [0.5, 0.6) is 0 Å². The predicted octanol–water partition coefficient (Wildman–Crippen LogP) is 2.30. The average molecular weight is 357 g/mol. The molecule has 2 aromatic heterocycles. The molecule has 1 atom stereocenters. The van der Waals surface area contributed by atoms with Crippen molar-refractivity contribution in [1.82, 2.24) is 14.9 Å². The molecule has 132 valence electrons. The molecule has 1 saturated heterocycles. The summed E-state index contributed by atoms with van der Waals surface area (Å²) in [5, 5.41) is 1.07. The summed E-state index contributed by atoms with van der Waals surface area (Å²) in [6.07, 6.45) is 7.62. The molecule has 0 aliphatic carbocycles. The van der Waals surface area contributed by atoms with Crippen molar-refractivity contribution in [2.24, 2.45) is 5.73 Å². The van der Waals surface area contributed by atoms with Gasteiger partial charge in [-0.2, -0.15) is 0 Å². The molecule has 3 N–H and O–H groups in total. The molecular formula is C18H23N5OS. The zero-order valence-corrected chi connectivity index (χ0v) is 15.2. The van der Waals surface area contributed by atoms with E-state index in [1.165, 1.54) is 0 Å². The Kier molecular flexibility index (Phi) is 4.21. The highest BCUT2D eigenvalue weighted by Gasteiger charge is 2.32.